The van der Waals surface area contributed by atoms with Crippen molar-refractivity contribution in [1.82, 2.24) is 14.8 Å². The molecular weight excluding hydrogens is 300 g/mol. The molecule has 0 fully saturated rings. The second kappa shape index (κ2) is 6.57. The molecule has 0 saturated heterocycles. The number of nitrogens with one attached hydrogen (secondary N) is 1. The lowest BCUT2D eigenvalue weighted by Gasteiger charge is -2.18. The highest BCUT2D eigenvalue weighted by Gasteiger charge is 2.24. The van der Waals surface area contributed by atoms with Gasteiger partial charge in [0.15, 0.2) is 0 Å². The van der Waals surface area contributed by atoms with E-state index in [0.717, 1.165) is 24.3 Å². The van der Waals surface area contributed by atoms with Crippen molar-refractivity contribution in [3.05, 3.63) is 34.5 Å². The van der Waals surface area contributed by atoms with E-state index in [2.05, 4.69) is 54.7 Å². The highest BCUT2D eigenvalue weighted by molar-refractivity contribution is 5.91. The standard InChI is InChI=1S/C19H28N4O/c1-12(2)23-10-14-7-17-16(9-19(24)21-6-5-20)13(3)22(4)18(17)8-15(14)11-23/h7-8,12H,5-6,9-11,20H2,1-4H3,(H,21,24). The normalized spacial score (nSPS) is 14.6. The topological polar surface area (TPSA) is 63.3 Å². The van der Waals surface area contributed by atoms with Crippen LogP contribution in [0.3, 0.4) is 0 Å². The predicted molar refractivity (Wildman–Crippen MR) is 97.8 cm³/mol. The van der Waals surface area contributed by atoms with E-state index >= 15 is 0 Å². The van der Waals surface area contributed by atoms with Gasteiger partial charge in [0.25, 0.3) is 0 Å². The molecule has 3 N–H and O–H groups in total. The third-order valence-electron chi connectivity index (χ3n) is 5.23. The number of nitrogens with two attached hydrogens (primary N) is 1. The molecule has 1 amide bonds. The van der Waals surface area contributed by atoms with Crippen molar-refractivity contribution in [2.45, 2.75) is 46.3 Å². The smallest absolute Gasteiger partial charge is 0.224 e. The third-order valence-corrected chi connectivity index (χ3v) is 5.23. The van der Waals surface area contributed by atoms with Crippen molar-refractivity contribution >= 4 is 16.8 Å². The fourth-order valence-corrected chi connectivity index (χ4v) is 3.58. The van der Waals surface area contributed by atoms with Crippen molar-refractivity contribution in [1.29, 1.82) is 0 Å². The minimum Gasteiger partial charge on any atom is -0.355 e. The van der Waals surface area contributed by atoms with Gasteiger partial charge in [0.2, 0.25) is 5.91 Å². The van der Waals surface area contributed by atoms with Gasteiger partial charge in [0, 0.05) is 55.9 Å². The Labute approximate surface area is 143 Å². The Balaban J connectivity index is 1.98. The summed E-state index contributed by atoms with van der Waals surface area (Å²) in [6.07, 6.45) is 0.413. The van der Waals surface area contributed by atoms with Gasteiger partial charge in [-0.2, -0.15) is 0 Å². The molecule has 1 aliphatic rings. The fraction of sp³-hybridized carbons (Fsp3) is 0.526. The van der Waals surface area contributed by atoms with Gasteiger partial charge in [-0.1, -0.05) is 0 Å². The molecule has 0 radical (unpaired) electrons. The SMILES string of the molecule is Cc1c(CC(=O)NCCN)c2cc3c(cc2n1C)CN(C(C)C)C3. The second-order valence-electron chi connectivity index (χ2n) is 7.08. The predicted octanol–water partition coefficient (Wildman–Crippen LogP) is 1.83. The first-order chi connectivity index (χ1) is 11.4. The van der Waals surface area contributed by atoms with Crippen molar-refractivity contribution in [2.75, 3.05) is 13.1 Å². The van der Waals surface area contributed by atoms with E-state index in [1.165, 1.54) is 22.0 Å². The van der Waals surface area contributed by atoms with Crippen molar-refractivity contribution < 1.29 is 4.79 Å². The number of hydrogen-bond donors (Lipinski definition) is 2. The van der Waals surface area contributed by atoms with Crippen LogP contribution in [-0.4, -0.2) is 34.5 Å². The number of rotatable bonds is 5. The van der Waals surface area contributed by atoms with E-state index in [0.29, 0.717) is 25.6 Å². The Morgan fingerprint density at radius 2 is 1.96 bits per heavy atom. The molecule has 24 heavy (non-hydrogen) atoms. The lowest BCUT2D eigenvalue weighted by Crippen LogP contribution is -2.30. The summed E-state index contributed by atoms with van der Waals surface area (Å²) in [6.45, 7) is 9.58. The highest BCUT2D eigenvalue weighted by Crippen LogP contribution is 2.33. The number of aromatic nitrogens is 1. The average Bonchev–Trinajstić information content (AvgIpc) is 3.06. The molecule has 0 saturated carbocycles. The number of amides is 1. The monoisotopic (exact) mass is 328 g/mol. The quantitative estimate of drug-likeness (QED) is 0.880. The van der Waals surface area contributed by atoms with Gasteiger partial charge in [-0.15, -0.1) is 0 Å². The Bertz CT molecular complexity index is 776. The Morgan fingerprint density at radius 3 is 2.58 bits per heavy atom. The minimum atomic E-state index is 0.0420. The summed E-state index contributed by atoms with van der Waals surface area (Å²) < 4.78 is 2.21. The van der Waals surface area contributed by atoms with E-state index in [9.17, 15) is 4.79 Å². The van der Waals surface area contributed by atoms with Gasteiger partial charge in [0.05, 0.1) is 6.42 Å². The second-order valence-corrected chi connectivity index (χ2v) is 7.08. The van der Waals surface area contributed by atoms with Gasteiger partial charge in [-0.3, -0.25) is 9.69 Å². The van der Waals surface area contributed by atoms with Crippen LogP contribution in [0, 0.1) is 6.92 Å². The number of nitrogens with zero attached hydrogens (tertiary/aromatic N) is 2. The molecule has 0 atom stereocenters. The number of benzene rings is 1. The molecule has 2 aromatic rings. The molecule has 5 nitrogen and oxygen atoms in total. The van der Waals surface area contributed by atoms with Gasteiger partial charge < -0.3 is 15.6 Å². The molecule has 1 aromatic carbocycles. The molecule has 0 spiro atoms. The van der Waals surface area contributed by atoms with Gasteiger partial charge in [-0.05, 0) is 49.6 Å². The molecule has 3 rings (SSSR count). The van der Waals surface area contributed by atoms with E-state index in [1.807, 2.05) is 0 Å². The summed E-state index contributed by atoms with van der Waals surface area (Å²) in [6, 6.07) is 5.15. The number of carbonyl (C=O) groups is 1. The van der Waals surface area contributed by atoms with Crippen LogP contribution >= 0.6 is 0 Å². The Hall–Kier alpha value is -1.85. The average molecular weight is 328 g/mol. The number of aryl methyl sites for hydroxylation is 1. The molecule has 0 bridgehead atoms. The van der Waals surface area contributed by atoms with Gasteiger partial charge in [-0.25, -0.2) is 0 Å². The lowest BCUT2D eigenvalue weighted by atomic mass is 10.0. The molecule has 1 aliphatic heterocycles. The van der Waals surface area contributed by atoms with Crippen molar-refractivity contribution in [3.8, 4) is 0 Å². The van der Waals surface area contributed by atoms with Crippen LogP contribution < -0.4 is 11.1 Å². The Kier molecular flexibility index (Phi) is 4.65. The van der Waals surface area contributed by atoms with Crippen molar-refractivity contribution in [2.24, 2.45) is 12.8 Å². The van der Waals surface area contributed by atoms with Crippen molar-refractivity contribution in [3.63, 3.8) is 0 Å². The number of fused-ring (bicyclic) bond motifs is 2. The largest absolute Gasteiger partial charge is 0.355 e. The zero-order valence-corrected chi connectivity index (χ0v) is 15.1. The number of hydrogen-bond acceptors (Lipinski definition) is 3. The van der Waals surface area contributed by atoms with E-state index in [-0.39, 0.29) is 5.91 Å². The summed E-state index contributed by atoms with van der Waals surface area (Å²) in [7, 11) is 2.08. The molecule has 0 aliphatic carbocycles. The maximum Gasteiger partial charge on any atom is 0.224 e. The van der Waals surface area contributed by atoms with Gasteiger partial charge in [0.1, 0.15) is 0 Å². The first kappa shape index (κ1) is 17.0. The Morgan fingerprint density at radius 1 is 1.29 bits per heavy atom. The molecular formula is C19H28N4O. The summed E-state index contributed by atoms with van der Waals surface area (Å²) >= 11 is 0. The van der Waals surface area contributed by atoms with Crippen LogP contribution in [-0.2, 0) is 31.4 Å². The van der Waals surface area contributed by atoms with Crippen LogP contribution in [0.15, 0.2) is 12.1 Å². The van der Waals surface area contributed by atoms with Crippen LogP contribution in [0.4, 0.5) is 0 Å². The fourth-order valence-electron chi connectivity index (χ4n) is 3.58. The summed E-state index contributed by atoms with van der Waals surface area (Å²) in [5.41, 5.74) is 11.8. The molecule has 5 heteroatoms. The molecule has 0 unspecified atom stereocenters. The highest BCUT2D eigenvalue weighted by atomic mass is 16.1. The zero-order valence-electron chi connectivity index (χ0n) is 15.1. The maximum absolute atomic E-state index is 12.2. The van der Waals surface area contributed by atoms with E-state index in [4.69, 9.17) is 5.73 Å². The van der Waals surface area contributed by atoms with Crippen LogP contribution in [0.2, 0.25) is 0 Å². The first-order valence-electron chi connectivity index (χ1n) is 8.72. The maximum atomic E-state index is 12.2. The van der Waals surface area contributed by atoms with E-state index < -0.39 is 0 Å². The summed E-state index contributed by atoms with van der Waals surface area (Å²) in [5, 5.41) is 4.09. The molecule has 1 aromatic heterocycles. The zero-order chi connectivity index (χ0) is 17.4. The van der Waals surface area contributed by atoms with E-state index in [1.54, 1.807) is 0 Å². The summed E-state index contributed by atoms with van der Waals surface area (Å²) in [4.78, 5) is 14.6. The van der Waals surface area contributed by atoms with Crippen LogP contribution in [0.1, 0.15) is 36.2 Å². The van der Waals surface area contributed by atoms with Crippen LogP contribution in [0.25, 0.3) is 10.9 Å². The molecule has 130 valence electrons. The third kappa shape index (κ3) is 2.94. The number of carbonyl (C=O) groups excluding carboxylic acids is 1. The first-order valence-corrected chi connectivity index (χ1v) is 8.72. The molecule has 2 heterocycles. The van der Waals surface area contributed by atoms with Crippen LogP contribution in [0.5, 0.6) is 0 Å². The summed E-state index contributed by atoms with van der Waals surface area (Å²) in [5.74, 6) is 0.0420. The lowest BCUT2D eigenvalue weighted by molar-refractivity contribution is -0.120. The minimum absolute atomic E-state index is 0.0420. The van der Waals surface area contributed by atoms with Gasteiger partial charge >= 0.3 is 0 Å².